The maximum atomic E-state index is 5.70. The third-order valence-corrected chi connectivity index (χ3v) is 1.76. The van der Waals surface area contributed by atoms with E-state index >= 15 is 0 Å². The number of halogens is 1. The van der Waals surface area contributed by atoms with E-state index in [0.717, 1.165) is 25.2 Å². The highest BCUT2D eigenvalue weighted by molar-refractivity contribution is 5.85. The van der Waals surface area contributed by atoms with Gasteiger partial charge in [0.05, 0.1) is 0 Å². The van der Waals surface area contributed by atoms with E-state index in [-0.39, 0.29) is 18.4 Å². The second-order valence-electron chi connectivity index (χ2n) is 2.57. The average Bonchev–Trinajstić information content (AvgIpc) is 2.33. The van der Waals surface area contributed by atoms with Gasteiger partial charge >= 0.3 is 0 Å². The Labute approximate surface area is 70.4 Å². The number of hydrogen-bond acceptors (Lipinski definition) is 4. The zero-order chi connectivity index (χ0) is 6.97. The minimum atomic E-state index is 0. The van der Waals surface area contributed by atoms with Crippen LogP contribution in [0.15, 0.2) is 0 Å². The van der Waals surface area contributed by atoms with E-state index < -0.39 is 0 Å². The first-order chi connectivity index (χ1) is 4.86. The summed E-state index contributed by atoms with van der Waals surface area (Å²) in [5.41, 5.74) is 5.70. The fourth-order valence-electron chi connectivity index (χ4n) is 1.17. The standard InChI is InChI=1S/C5H9N5.ClH/c6-4-1-2-10-5(3-4)7-8-9-10;/h4H,1-3,6H2;1H. The maximum Gasteiger partial charge on any atom is 0.152 e. The molecule has 1 atom stereocenters. The monoisotopic (exact) mass is 175 g/mol. The largest absolute Gasteiger partial charge is 0.327 e. The molecule has 0 radical (unpaired) electrons. The van der Waals surface area contributed by atoms with Crippen LogP contribution in [0.1, 0.15) is 12.2 Å². The lowest BCUT2D eigenvalue weighted by atomic mass is 10.1. The van der Waals surface area contributed by atoms with E-state index in [4.69, 9.17) is 5.73 Å². The van der Waals surface area contributed by atoms with Crippen molar-refractivity contribution in [3.05, 3.63) is 5.82 Å². The van der Waals surface area contributed by atoms with Crippen LogP contribution < -0.4 is 5.73 Å². The second kappa shape index (κ2) is 3.15. The zero-order valence-corrected chi connectivity index (χ0v) is 6.79. The first-order valence-electron chi connectivity index (χ1n) is 3.37. The summed E-state index contributed by atoms with van der Waals surface area (Å²) in [7, 11) is 0. The quantitative estimate of drug-likeness (QED) is 0.570. The molecule has 2 N–H and O–H groups in total. The van der Waals surface area contributed by atoms with Crippen LogP contribution in [-0.2, 0) is 13.0 Å². The summed E-state index contributed by atoms with van der Waals surface area (Å²) in [6, 6.07) is 0.249. The van der Waals surface area contributed by atoms with Gasteiger partial charge in [0, 0.05) is 19.0 Å². The molecule has 0 saturated carbocycles. The van der Waals surface area contributed by atoms with Gasteiger partial charge in [-0.3, -0.25) is 0 Å². The molecule has 11 heavy (non-hydrogen) atoms. The third-order valence-electron chi connectivity index (χ3n) is 1.76. The minimum absolute atomic E-state index is 0. The Kier molecular flexibility index (Phi) is 2.41. The van der Waals surface area contributed by atoms with Gasteiger partial charge < -0.3 is 5.73 Å². The SMILES string of the molecule is Cl.NC1CCn2nnnc2C1. The molecule has 0 aromatic carbocycles. The molecule has 2 heterocycles. The number of rotatable bonds is 0. The van der Waals surface area contributed by atoms with Gasteiger partial charge in [-0.2, -0.15) is 0 Å². The summed E-state index contributed by atoms with van der Waals surface area (Å²) in [6.45, 7) is 0.865. The highest BCUT2D eigenvalue weighted by Gasteiger charge is 2.16. The lowest BCUT2D eigenvalue weighted by Gasteiger charge is -2.16. The fraction of sp³-hybridized carbons (Fsp3) is 0.800. The lowest BCUT2D eigenvalue weighted by Crippen LogP contribution is -2.31. The van der Waals surface area contributed by atoms with Crippen LogP contribution in [0.5, 0.6) is 0 Å². The Morgan fingerprint density at radius 2 is 2.36 bits per heavy atom. The molecule has 1 aliphatic rings. The van der Waals surface area contributed by atoms with E-state index in [9.17, 15) is 0 Å². The highest BCUT2D eigenvalue weighted by atomic mass is 35.5. The Morgan fingerprint density at radius 1 is 1.55 bits per heavy atom. The fourth-order valence-corrected chi connectivity index (χ4v) is 1.17. The van der Waals surface area contributed by atoms with Crippen molar-refractivity contribution in [1.82, 2.24) is 20.2 Å². The normalized spacial score (nSPS) is 22.1. The van der Waals surface area contributed by atoms with Crippen LogP contribution >= 0.6 is 12.4 Å². The zero-order valence-electron chi connectivity index (χ0n) is 5.97. The summed E-state index contributed by atoms with van der Waals surface area (Å²) in [5, 5.41) is 11.2. The van der Waals surface area contributed by atoms with Gasteiger partial charge in [0.25, 0.3) is 0 Å². The number of aryl methyl sites for hydroxylation is 1. The molecule has 62 valence electrons. The van der Waals surface area contributed by atoms with E-state index in [0.29, 0.717) is 0 Å². The molecule has 2 rings (SSSR count). The van der Waals surface area contributed by atoms with Crippen molar-refractivity contribution in [2.45, 2.75) is 25.4 Å². The van der Waals surface area contributed by atoms with E-state index in [1.165, 1.54) is 0 Å². The van der Waals surface area contributed by atoms with Gasteiger partial charge in [0.15, 0.2) is 5.82 Å². The van der Waals surface area contributed by atoms with E-state index in [2.05, 4.69) is 15.5 Å². The molecule has 0 saturated heterocycles. The molecule has 1 aromatic heterocycles. The average molecular weight is 176 g/mol. The number of nitrogens with zero attached hydrogens (tertiary/aromatic N) is 4. The molecule has 6 heteroatoms. The molecule has 1 aromatic rings. The van der Waals surface area contributed by atoms with Crippen LogP contribution in [0, 0.1) is 0 Å². The highest BCUT2D eigenvalue weighted by Crippen LogP contribution is 2.07. The Hall–Kier alpha value is -0.680. The van der Waals surface area contributed by atoms with Crippen molar-refractivity contribution in [1.29, 1.82) is 0 Å². The summed E-state index contributed by atoms with van der Waals surface area (Å²) in [5.74, 6) is 0.916. The van der Waals surface area contributed by atoms with E-state index in [1.807, 2.05) is 4.68 Å². The molecular formula is C5H10ClN5. The van der Waals surface area contributed by atoms with E-state index in [1.54, 1.807) is 0 Å². The predicted octanol–water partition coefficient (Wildman–Crippen LogP) is -0.632. The Bertz CT molecular complexity index is 235. The van der Waals surface area contributed by atoms with Gasteiger partial charge in [-0.05, 0) is 16.8 Å². The number of hydrogen-bond donors (Lipinski definition) is 1. The smallest absolute Gasteiger partial charge is 0.152 e. The summed E-state index contributed by atoms with van der Waals surface area (Å²) < 4.78 is 1.81. The van der Waals surface area contributed by atoms with Crippen LogP contribution in [0.4, 0.5) is 0 Å². The van der Waals surface area contributed by atoms with Gasteiger partial charge in [-0.1, -0.05) is 0 Å². The molecule has 5 nitrogen and oxygen atoms in total. The molecule has 0 aliphatic carbocycles. The second-order valence-corrected chi connectivity index (χ2v) is 2.57. The Morgan fingerprint density at radius 3 is 3.18 bits per heavy atom. The van der Waals surface area contributed by atoms with Crippen molar-refractivity contribution in [2.75, 3.05) is 0 Å². The number of aromatic nitrogens is 4. The topological polar surface area (TPSA) is 69.6 Å². The van der Waals surface area contributed by atoms with Crippen LogP contribution in [0.3, 0.4) is 0 Å². The van der Waals surface area contributed by atoms with Crippen LogP contribution in [-0.4, -0.2) is 26.2 Å². The first-order valence-corrected chi connectivity index (χ1v) is 3.37. The van der Waals surface area contributed by atoms with Crippen molar-refractivity contribution in [3.8, 4) is 0 Å². The first kappa shape index (κ1) is 8.42. The van der Waals surface area contributed by atoms with Crippen LogP contribution in [0.25, 0.3) is 0 Å². The minimum Gasteiger partial charge on any atom is -0.327 e. The molecule has 1 unspecified atom stereocenters. The van der Waals surface area contributed by atoms with Crippen molar-refractivity contribution < 1.29 is 0 Å². The lowest BCUT2D eigenvalue weighted by molar-refractivity contribution is 0.429. The van der Waals surface area contributed by atoms with Crippen molar-refractivity contribution in [3.63, 3.8) is 0 Å². The molecule has 0 bridgehead atoms. The molecule has 0 amide bonds. The molecule has 0 fully saturated rings. The van der Waals surface area contributed by atoms with Crippen LogP contribution in [0.2, 0.25) is 0 Å². The van der Waals surface area contributed by atoms with Gasteiger partial charge in [0.1, 0.15) is 0 Å². The van der Waals surface area contributed by atoms with Gasteiger partial charge in [0.2, 0.25) is 0 Å². The molecular weight excluding hydrogens is 166 g/mol. The van der Waals surface area contributed by atoms with Crippen molar-refractivity contribution in [2.24, 2.45) is 5.73 Å². The number of tetrazole rings is 1. The molecule has 0 spiro atoms. The van der Waals surface area contributed by atoms with Gasteiger partial charge in [-0.25, -0.2) is 4.68 Å². The third kappa shape index (κ3) is 1.49. The van der Waals surface area contributed by atoms with Crippen molar-refractivity contribution >= 4 is 12.4 Å². The summed E-state index contributed by atoms with van der Waals surface area (Å²) >= 11 is 0. The summed E-state index contributed by atoms with van der Waals surface area (Å²) in [6.07, 6.45) is 1.80. The Balaban J connectivity index is 0.000000605. The summed E-state index contributed by atoms with van der Waals surface area (Å²) in [4.78, 5) is 0. The number of fused-ring (bicyclic) bond motifs is 1. The predicted molar refractivity (Wildman–Crippen MR) is 41.4 cm³/mol. The maximum absolute atomic E-state index is 5.70. The van der Waals surface area contributed by atoms with Gasteiger partial charge in [-0.15, -0.1) is 17.5 Å². The molecule has 1 aliphatic heterocycles. The number of nitrogens with two attached hydrogens (primary N) is 1.